The van der Waals surface area contributed by atoms with Crippen LogP contribution in [0.2, 0.25) is 0 Å². The summed E-state index contributed by atoms with van der Waals surface area (Å²) in [7, 11) is -1.66. The minimum atomic E-state index is -3.53. The van der Waals surface area contributed by atoms with E-state index >= 15 is 0 Å². The Balaban J connectivity index is 1.49. The predicted molar refractivity (Wildman–Crippen MR) is 125 cm³/mol. The van der Waals surface area contributed by atoms with Gasteiger partial charge in [0.1, 0.15) is 11.6 Å². The molecule has 174 valence electrons. The van der Waals surface area contributed by atoms with E-state index in [4.69, 9.17) is 10.8 Å². The van der Waals surface area contributed by atoms with E-state index in [1.807, 2.05) is 11.6 Å². The third-order valence-corrected chi connectivity index (χ3v) is 7.92. The molecule has 8 nitrogen and oxygen atoms in total. The maximum Gasteiger partial charge on any atom is 0.243 e. The highest BCUT2D eigenvalue weighted by atomic mass is 32.2. The topological polar surface area (TPSA) is 88.7 Å². The number of imidazole rings is 1. The molecule has 1 aromatic carbocycles. The lowest BCUT2D eigenvalue weighted by Gasteiger charge is -2.25. The molecule has 9 heteroatoms. The molecule has 3 heterocycles. The molecule has 0 N–H and O–H groups in total. The number of sulfonamides is 1. The number of aromatic nitrogens is 2. The van der Waals surface area contributed by atoms with E-state index in [0.717, 1.165) is 24.8 Å². The molecular weight excluding hydrogens is 440 g/mol. The lowest BCUT2D eigenvalue weighted by atomic mass is 10.2. The van der Waals surface area contributed by atoms with Gasteiger partial charge in [0.2, 0.25) is 15.9 Å². The van der Waals surface area contributed by atoms with Crippen LogP contribution in [0.25, 0.3) is 11.0 Å². The lowest BCUT2D eigenvalue weighted by Crippen LogP contribution is -2.35. The van der Waals surface area contributed by atoms with Crippen molar-refractivity contribution in [3.05, 3.63) is 48.2 Å². The third kappa shape index (κ3) is 4.97. The largest absolute Gasteiger partial charge is 0.467 e. The molecule has 0 aliphatic carbocycles. The van der Waals surface area contributed by atoms with Gasteiger partial charge in [0.15, 0.2) is 0 Å². The van der Waals surface area contributed by atoms with Crippen LogP contribution in [-0.4, -0.2) is 52.7 Å². The molecule has 3 aromatic rings. The molecule has 0 saturated carbocycles. The molecule has 1 amide bonds. The molecule has 1 saturated heterocycles. The number of carbonyl (C=O) groups excluding carboxylic acids is 1. The van der Waals surface area contributed by atoms with Gasteiger partial charge in [-0.25, -0.2) is 13.4 Å². The van der Waals surface area contributed by atoms with Gasteiger partial charge in [0, 0.05) is 33.0 Å². The van der Waals surface area contributed by atoms with Gasteiger partial charge in [-0.15, -0.1) is 6.42 Å². The molecule has 0 radical (unpaired) electrons. The predicted octanol–water partition coefficient (Wildman–Crippen LogP) is 2.94. The van der Waals surface area contributed by atoms with Gasteiger partial charge in [0.25, 0.3) is 0 Å². The monoisotopic (exact) mass is 468 g/mol. The number of terminal acetylenes is 1. The molecule has 0 bridgehead atoms. The fourth-order valence-corrected chi connectivity index (χ4v) is 5.72. The second-order valence-electron chi connectivity index (χ2n) is 8.24. The van der Waals surface area contributed by atoms with Crippen molar-refractivity contribution in [2.24, 2.45) is 7.05 Å². The quantitative estimate of drug-likeness (QED) is 0.474. The van der Waals surface area contributed by atoms with Crippen LogP contribution in [0.3, 0.4) is 0 Å². The van der Waals surface area contributed by atoms with Crippen molar-refractivity contribution in [1.29, 1.82) is 0 Å². The molecule has 1 fully saturated rings. The first-order valence-corrected chi connectivity index (χ1v) is 12.5. The van der Waals surface area contributed by atoms with Crippen molar-refractivity contribution < 1.29 is 17.6 Å². The van der Waals surface area contributed by atoms with Crippen molar-refractivity contribution in [3.63, 3.8) is 0 Å². The maximum atomic E-state index is 13.0. The number of rotatable bonds is 8. The van der Waals surface area contributed by atoms with Crippen molar-refractivity contribution in [2.75, 3.05) is 19.6 Å². The number of piperidine rings is 1. The zero-order valence-electron chi connectivity index (χ0n) is 18.7. The molecule has 1 aliphatic heterocycles. The van der Waals surface area contributed by atoms with Crippen LogP contribution in [0.1, 0.15) is 37.3 Å². The Morgan fingerprint density at radius 2 is 2.03 bits per heavy atom. The van der Waals surface area contributed by atoms with E-state index in [0.29, 0.717) is 43.2 Å². The number of aryl methyl sites for hydroxylation is 2. The van der Waals surface area contributed by atoms with E-state index in [9.17, 15) is 13.2 Å². The number of hydrogen-bond acceptors (Lipinski definition) is 5. The summed E-state index contributed by atoms with van der Waals surface area (Å²) in [5.74, 6) is 3.81. The summed E-state index contributed by atoms with van der Waals surface area (Å²) in [6.45, 7) is 1.63. The summed E-state index contributed by atoms with van der Waals surface area (Å²) in [5.41, 5.74) is 1.43. The Kier molecular flexibility index (Phi) is 6.86. The van der Waals surface area contributed by atoms with Gasteiger partial charge in [-0.1, -0.05) is 12.3 Å². The highest BCUT2D eigenvalue weighted by molar-refractivity contribution is 7.89. The van der Waals surface area contributed by atoms with Crippen molar-refractivity contribution in [1.82, 2.24) is 18.8 Å². The van der Waals surface area contributed by atoms with Crippen LogP contribution < -0.4 is 0 Å². The Bertz CT molecular complexity index is 1270. The first-order chi connectivity index (χ1) is 15.9. The van der Waals surface area contributed by atoms with Gasteiger partial charge in [-0.2, -0.15) is 4.31 Å². The average Bonchev–Trinajstić information content (AvgIpc) is 3.45. The lowest BCUT2D eigenvalue weighted by molar-refractivity contribution is -0.131. The molecule has 0 atom stereocenters. The summed E-state index contributed by atoms with van der Waals surface area (Å²) in [4.78, 5) is 19.3. The summed E-state index contributed by atoms with van der Waals surface area (Å²) in [6, 6.07) is 8.63. The summed E-state index contributed by atoms with van der Waals surface area (Å²) >= 11 is 0. The van der Waals surface area contributed by atoms with Crippen LogP contribution in [0.5, 0.6) is 0 Å². The molecule has 0 unspecified atom stereocenters. The Labute approximate surface area is 194 Å². The van der Waals surface area contributed by atoms with E-state index in [1.54, 1.807) is 45.8 Å². The second-order valence-corrected chi connectivity index (χ2v) is 10.2. The summed E-state index contributed by atoms with van der Waals surface area (Å²) in [5, 5.41) is 0. The minimum Gasteiger partial charge on any atom is -0.467 e. The number of amides is 1. The molecular formula is C24H28N4O4S. The standard InChI is InChI=1S/C24H28N4O4S/c1-3-13-27(18-19-8-7-16-32-19)24(29)12-11-23-25-21-17-20(9-10-22(21)26(23)2)33(30,31)28-14-5-4-6-15-28/h1,7-10,16-17H,4-6,11-15,18H2,2H3. The normalized spacial score (nSPS) is 14.9. The van der Waals surface area contributed by atoms with Crippen molar-refractivity contribution in [2.45, 2.75) is 43.5 Å². The highest BCUT2D eigenvalue weighted by Gasteiger charge is 2.26. The van der Waals surface area contributed by atoms with E-state index < -0.39 is 10.0 Å². The van der Waals surface area contributed by atoms with Crippen LogP contribution >= 0.6 is 0 Å². The van der Waals surface area contributed by atoms with Crippen LogP contribution in [0.4, 0.5) is 0 Å². The number of nitrogens with zero attached hydrogens (tertiary/aromatic N) is 4. The van der Waals surface area contributed by atoms with Gasteiger partial charge in [0.05, 0.1) is 35.3 Å². The zero-order chi connectivity index (χ0) is 23.4. The van der Waals surface area contributed by atoms with Crippen LogP contribution in [0, 0.1) is 12.3 Å². The highest BCUT2D eigenvalue weighted by Crippen LogP contribution is 2.25. The van der Waals surface area contributed by atoms with Gasteiger partial charge in [-0.3, -0.25) is 4.79 Å². The molecule has 1 aliphatic rings. The third-order valence-electron chi connectivity index (χ3n) is 6.02. The van der Waals surface area contributed by atoms with Gasteiger partial charge in [-0.05, 0) is 43.2 Å². The van der Waals surface area contributed by atoms with Crippen LogP contribution in [-0.2, 0) is 34.8 Å². The van der Waals surface area contributed by atoms with E-state index in [2.05, 4.69) is 10.9 Å². The maximum absolute atomic E-state index is 13.0. The first kappa shape index (κ1) is 23.1. The Morgan fingerprint density at radius 1 is 1.24 bits per heavy atom. The second kappa shape index (κ2) is 9.81. The minimum absolute atomic E-state index is 0.0928. The number of hydrogen-bond donors (Lipinski definition) is 0. The Hall–Kier alpha value is -3.09. The van der Waals surface area contributed by atoms with Crippen molar-refractivity contribution >= 4 is 27.0 Å². The van der Waals surface area contributed by atoms with E-state index in [-0.39, 0.29) is 23.8 Å². The smallest absolute Gasteiger partial charge is 0.243 e. The summed E-state index contributed by atoms with van der Waals surface area (Å²) in [6.07, 6.45) is 10.5. The first-order valence-electron chi connectivity index (χ1n) is 11.1. The fraction of sp³-hybridized carbons (Fsp3) is 0.417. The molecule has 4 rings (SSSR count). The zero-order valence-corrected chi connectivity index (χ0v) is 19.6. The molecule has 2 aromatic heterocycles. The number of carbonyl (C=O) groups is 1. The average molecular weight is 469 g/mol. The molecule has 33 heavy (non-hydrogen) atoms. The van der Waals surface area contributed by atoms with E-state index in [1.165, 1.54) is 0 Å². The van der Waals surface area contributed by atoms with Crippen molar-refractivity contribution in [3.8, 4) is 12.3 Å². The van der Waals surface area contributed by atoms with Crippen LogP contribution in [0.15, 0.2) is 45.9 Å². The van der Waals surface area contributed by atoms with Gasteiger partial charge < -0.3 is 13.9 Å². The Morgan fingerprint density at radius 3 is 2.73 bits per heavy atom. The summed E-state index contributed by atoms with van der Waals surface area (Å²) < 4.78 is 34.8. The van der Waals surface area contributed by atoms with Gasteiger partial charge >= 0.3 is 0 Å². The fourth-order valence-electron chi connectivity index (χ4n) is 4.18. The number of fused-ring (bicyclic) bond motifs is 1. The number of furan rings is 1. The molecule has 0 spiro atoms. The SMILES string of the molecule is C#CCN(Cc1ccco1)C(=O)CCc1nc2cc(S(=O)(=O)N3CCCCC3)ccc2n1C. The number of benzene rings is 1.